The van der Waals surface area contributed by atoms with Gasteiger partial charge in [0.2, 0.25) is 0 Å². The van der Waals surface area contributed by atoms with Crippen molar-refractivity contribution in [3.05, 3.63) is 0 Å². The van der Waals surface area contributed by atoms with Crippen molar-refractivity contribution in [2.75, 3.05) is 6.61 Å². The third-order valence-electron chi connectivity index (χ3n) is 1.42. The molecule has 0 aliphatic carbocycles. The van der Waals surface area contributed by atoms with Crippen molar-refractivity contribution < 1.29 is 30.3 Å². The first-order valence-corrected chi connectivity index (χ1v) is 3.33. The Morgan fingerprint density at radius 3 is 1.92 bits per heavy atom. The number of hydrogen-bond donors (Lipinski definition) is 5. The molecular weight excluding hydrogens is 169 g/mol. The number of aliphatic hydroxyl groups is 5. The second-order valence-electron chi connectivity index (χ2n) is 2.36. The van der Waals surface area contributed by atoms with Crippen LogP contribution in [0, 0.1) is 0 Å². The summed E-state index contributed by atoms with van der Waals surface area (Å²) in [5.74, 6) is 0. The van der Waals surface area contributed by atoms with E-state index < -0.39 is 31.0 Å². The first-order chi connectivity index (χ1) is 5.54. The molecule has 0 rings (SSSR count). The van der Waals surface area contributed by atoms with Crippen molar-refractivity contribution in [1.29, 1.82) is 0 Å². The minimum atomic E-state index is -1.79. The Bertz CT molecular complexity index is 138. The topological polar surface area (TPSA) is 118 Å². The molecule has 0 saturated heterocycles. The predicted molar refractivity (Wildman–Crippen MR) is 37.2 cm³/mol. The average molecular weight is 181 g/mol. The van der Waals surface area contributed by atoms with Crippen molar-refractivity contribution in [3.63, 3.8) is 0 Å². The summed E-state index contributed by atoms with van der Waals surface area (Å²) < 4.78 is 0. The van der Waals surface area contributed by atoms with Crippen LogP contribution in [-0.2, 0) is 4.79 Å². The SMILES string of the molecule is O=C[C@H](O)[13C@@H](O)[C@H](O)[C@H](O)CO. The summed E-state index contributed by atoms with van der Waals surface area (Å²) >= 11 is 0. The molecule has 5 N–H and O–H groups in total. The van der Waals surface area contributed by atoms with Crippen LogP contribution in [0.4, 0.5) is 0 Å². The summed E-state index contributed by atoms with van der Waals surface area (Å²) in [6.07, 6.45) is -6.84. The fraction of sp³-hybridized carbons (Fsp3) is 0.833. The van der Waals surface area contributed by atoms with Crippen LogP contribution in [0.2, 0.25) is 0 Å². The van der Waals surface area contributed by atoms with E-state index in [0.29, 0.717) is 0 Å². The minimum absolute atomic E-state index is 0.0258. The highest BCUT2D eigenvalue weighted by Crippen LogP contribution is 2.02. The smallest absolute Gasteiger partial charge is 0.151 e. The van der Waals surface area contributed by atoms with Gasteiger partial charge in [-0.15, -0.1) is 0 Å². The van der Waals surface area contributed by atoms with Gasteiger partial charge < -0.3 is 30.3 Å². The number of aldehydes is 1. The zero-order valence-electron chi connectivity index (χ0n) is 6.24. The van der Waals surface area contributed by atoms with Gasteiger partial charge >= 0.3 is 0 Å². The van der Waals surface area contributed by atoms with Gasteiger partial charge in [-0.1, -0.05) is 0 Å². The first-order valence-electron chi connectivity index (χ1n) is 3.33. The Balaban J connectivity index is 4.07. The summed E-state index contributed by atoms with van der Waals surface area (Å²) in [5, 5.41) is 43.5. The molecule has 0 heterocycles. The number of rotatable bonds is 5. The second-order valence-corrected chi connectivity index (χ2v) is 2.36. The van der Waals surface area contributed by atoms with Gasteiger partial charge in [-0.25, -0.2) is 0 Å². The Labute approximate surface area is 68.7 Å². The average Bonchev–Trinajstić information content (AvgIpc) is 2.12. The van der Waals surface area contributed by atoms with Gasteiger partial charge in [0.05, 0.1) is 6.61 Å². The van der Waals surface area contributed by atoms with Gasteiger partial charge in [0.25, 0.3) is 0 Å². The van der Waals surface area contributed by atoms with Crippen LogP contribution in [0.1, 0.15) is 0 Å². The zero-order chi connectivity index (χ0) is 9.72. The third-order valence-corrected chi connectivity index (χ3v) is 1.42. The molecule has 0 aliphatic heterocycles. The number of hydrogen-bond acceptors (Lipinski definition) is 6. The van der Waals surface area contributed by atoms with Gasteiger partial charge in [0.1, 0.15) is 24.4 Å². The normalized spacial score (nSPS) is 21.1. The fourth-order valence-corrected chi connectivity index (χ4v) is 0.618. The van der Waals surface area contributed by atoms with E-state index in [9.17, 15) is 4.79 Å². The molecule has 4 atom stereocenters. The molecule has 12 heavy (non-hydrogen) atoms. The summed E-state index contributed by atoms with van der Waals surface area (Å²) in [4.78, 5) is 9.90. The van der Waals surface area contributed by atoms with Crippen LogP contribution in [0.25, 0.3) is 0 Å². The van der Waals surface area contributed by atoms with Gasteiger partial charge in [0, 0.05) is 0 Å². The zero-order valence-corrected chi connectivity index (χ0v) is 6.24. The Hall–Kier alpha value is -0.530. The maximum Gasteiger partial charge on any atom is 0.151 e. The molecule has 0 saturated carbocycles. The molecular formula is C6H12O6. The molecule has 0 bridgehead atoms. The summed E-state index contributed by atoms with van der Waals surface area (Å²) in [6.45, 7) is -0.760. The lowest BCUT2D eigenvalue weighted by molar-refractivity contribution is -0.136. The van der Waals surface area contributed by atoms with Gasteiger partial charge in [-0.2, -0.15) is 0 Å². The molecule has 0 aromatic rings. The second kappa shape index (κ2) is 5.18. The summed E-state index contributed by atoms with van der Waals surface area (Å²) in [7, 11) is 0. The van der Waals surface area contributed by atoms with Crippen LogP contribution < -0.4 is 0 Å². The molecule has 0 fully saturated rings. The molecule has 0 radical (unpaired) electrons. The van der Waals surface area contributed by atoms with Crippen LogP contribution >= 0.6 is 0 Å². The summed E-state index contributed by atoms with van der Waals surface area (Å²) in [6, 6.07) is 0. The lowest BCUT2D eigenvalue weighted by Crippen LogP contribution is -2.46. The van der Waals surface area contributed by atoms with E-state index in [-0.39, 0.29) is 6.29 Å². The minimum Gasteiger partial charge on any atom is -0.394 e. The van der Waals surface area contributed by atoms with Crippen LogP contribution in [0.3, 0.4) is 0 Å². The van der Waals surface area contributed by atoms with E-state index in [1.165, 1.54) is 0 Å². The van der Waals surface area contributed by atoms with Crippen molar-refractivity contribution >= 4 is 6.29 Å². The quantitative estimate of drug-likeness (QED) is 0.223. The van der Waals surface area contributed by atoms with Gasteiger partial charge in [0.15, 0.2) is 6.29 Å². The van der Waals surface area contributed by atoms with Crippen molar-refractivity contribution in [3.8, 4) is 0 Å². The standard InChI is InChI=1S/C6H12O6/c7-1-3(9)5(11)6(12)4(10)2-8/h1,3-6,8-12H,2H2/t3-,4+,5+,6+/m0/s1/i5+1. The molecule has 72 valence electrons. The lowest BCUT2D eigenvalue weighted by Gasteiger charge is -2.22. The molecule has 0 unspecified atom stereocenters. The Morgan fingerprint density at radius 2 is 1.58 bits per heavy atom. The van der Waals surface area contributed by atoms with E-state index in [4.69, 9.17) is 25.5 Å². The highest BCUT2D eigenvalue weighted by atomic mass is 16.4. The lowest BCUT2D eigenvalue weighted by atomic mass is 10.2. The monoisotopic (exact) mass is 181 g/mol. The van der Waals surface area contributed by atoms with E-state index in [2.05, 4.69) is 0 Å². The number of carbonyl (C=O) groups excluding carboxylic acids is 1. The van der Waals surface area contributed by atoms with E-state index >= 15 is 0 Å². The van der Waals surface area contributed by atoms with E-state index in [0.717, 1.165) is 0 Å². The Morgan fingerprint density at radius 1 is 1.08 bits per heavy atom. The third kappa shape index (κ3) is 2.84. The van der Waals surface area contributed by atoms with Crippen molar-refractivity contribution in [2.24, 2.45) is 0 Å². The molecule has 0 aromatic carbocycles. The summed E-state index contributed by atoms with van der Waals surface area (Å²) in [5.41, 5.74) is 0. The van der Waals surface area contributed by atoms with Gasteiger partial charge in [-0.3, -0.25) is 0 Å². The maximum atomic E-state index is 9.90. The molecule has 6 nitrogen and oxygen atoms in total. The predicted octanol–water partition coefficient (Wildman–Crippen LogP) is -3.38. The van der Waals surface area contributed by atoms with E-state index in [1.54, 1.807) is 0 Å². The van der Waals surface area contributed by atoms with Crippen LogP contribution in [0.5, 0.6) is 0 Å². The number of carbonyl (C=O) groups is 1. The first kappa shape index (κ1) is 11.5. The van der Waals surface area contributed by atoms with Crippen molar-refractivity contribution in [1.82, 2.24) is 0 Å². The molecule has 0 amide bonds. The molecule has 0 aromatic heterocycles. The van der Waals surface area contributed by atoms with Crippen LogP contribution in [0.15, 0.2) is 0 Å². The highest BCUT2D eigenvalue weighted by Gasteiger charge is 2.29. The molecule has 0 spiro atoms. The largest absolute Gasteiger partial charge is 0.394 e. The molecule has 0 aliphatic rings. The van der Waals surface area contributed by atoms with Crippen LogP contribution in [-0.4, -0.2) is 62.8 Å². The Kier molecular flexibility index (Phi) is 4.95. The highest BCUT2D eigenvalue weighted by molar-refractivity contribution is 5.56. The van der Waals surface area contributed by atoms with Gasteiger partial charge in [-0.05, 0) is 0 Å². The van der Waals surface area contributed by atoms with Crippen molar-refractivity contribution in [2.45, 2.75) is 24.4 Å². The molecule has 6 heteroatoms. The van der Waals surface area contributed by atoms with E-state index in [1.807, 2.05) is 0 Å². The fourth-order valence-electron chi connectivity index (χ4n) is 0.618. The number of aliphatic hydroxyl groups excluding tert-OH is 5. The maximum absolute atomic E-state index is 9.90.